The lowest BCUT2D eigenvalue weighted by atomic mass is 9.88. The van der Waals surface area contributed by atoms with Crippen LogP contribution in [0.5, 0.6) is 0 Å². The van der Waals surface area contributed by atoms with E-state index in [9.17, 15) is 0 Å². The fraction of sp³-hybridized carbons (Fsp3) is 0.786. The Balaban J connectivity index is 2.35. The van der Waals surface area contributed by atoms with Crippen molar-refractivity contribution in [1.82, 2.24) is 15.1 Å². The Hall–Kier alpha value is -0.350. The highest BCUT2D eigenvalue weighted by molar-refractivity contribution is 9.10. The number of nitrogens with one attached hydrogen (secondary N) is 1. The van der Waals surface area contributed by atoms with Crippen molar-refractivity contribution >= 4 is 15.9 Å². The molecule has 18 heavy (non-hydrogen) atoms. The molecule has 0 aromatic carbocycles. The van der Waals surface area contributed by atoms with Crippen LogP contribution < -0.4 is 5.32 Å². The minimum Gasteiger partial charge on any atom is -0.311 e. The van der Waals surface area contributed by atoms with E-state index in [1.165, 1.54) is 25.0 Å². The van der Waals surface area contributed by atoms with E-state index < -0.39 is 0 Å². The highest BCUT2D eigenvalue weighted by atomic mass is 79.9. The molecule has 0 radical (unpaired) electrons. The van der Waals surface area contributed by atoms with Gasteiger partial charge in [0.05, 0.1) is 22.4 Å². The quantitative estimate of drug-likeness (QED) is 0.913. The number of rotatable bonds is 4. The van der Waals surface area contributed by atoms with Crippen LogP contribution in [0.2, 0.25) is 0 Å². The Kier molecular flexibility index (Phi) is 4.49. The molecule has 0 amide bonds. The normalized spacial score (nSPS) is 25.9. The predicted octanol–water partition coefficient (Wildman–Crippen LogP) is 3.92. The maximum absolute atomic E-state index is 4.51. The molecule has 1 N–H and O–H groups in total. The SMILES string of the molecule is CNC(c1c(Br)cnn1C(C)C)C1CCCC1C. The van der Waals surface area contributed by atoms with Gasteiger partial charge in [0.25, 0.3) is 0 Å². The summed E-state index contributed by atoms with van der Waals surface area (Å²) in [6.07, 6.45) is 5.97. The molecule has 1 saturated carbocycles. The van der Waals surface area contributed by atoms with Crippen LogP contribution in [0, 0.1) is 11.8 Å². The molecule has 1 aliphatic rings. The average Bonchev–Trinajstić information content (AvgIpc) is 2.89. The molecule has 1 heterocycles. The lowest BCUT2D eigenvalue weighted by molar-refractivity contribution is 0.295. The van der Waals surface area contributed by atoms with Gasteiger partial charge in [-0.2, -0.15) is 5.10 Å². The molecular weight excluding hydrogens is 290 g/mol. The predicted molar refractivity (Wildman–Crippen MR) is 78.6 cm³/mol. The van der Waals surface area contributed by atoms with Crippen LogP contribution in [0.1, 0.15) is 57.8 Å². The monoisotopic (exact) mass is 313 g/mol. The molecule has 1 aromatic rings. The van der Waals surface area contributed by atoms with E-state index in [0.29, 0.717) is 12.1 Å². The van der Waals surface area contributed by atoms with Gasteiger partial charge in [0.1, 0.15) is 0 Å². The van der Waals surface area contributed by atoms with E-state index in [1.807, 2.05) is 6.20 Å². The average molecular weight is 314 g/mol. The van der Waals surface area contributed by atoms with Crippen LogP contribution in [-0.4, -0.2) is 16.8 Å². The molecule has 1 aliphatic carbocycles. The van der Waals surface area contributed by atoms with E-state index in [4.69, 9.17) is 0 Å². The molecule has 3 nitrogen and oxygen atoms in total. The second-order valence-electron chi connectivity index (χ2n) is 5.75. The van der Waals surface area contributed by atoms with E-state index in [-0.39, 0.29) is 0 Å². The highest BCUT2D eigenvalue weighted by Crippen LogP contribution is 2.42. The molecule has 1 fully saturated rings. The van der Waals surface area contributed by atoms with Gasteiger partial charge in [0.15, 0.2) is 0 Å². The minimum atomic E-state index is 0.402. The summed E-state index contributed by atoms with van der Waals surface area (Å²) in [6.45, 7) is 6.76. The largest absolute Gasteiger partial charge is 0.311 e. The number of nitrogens with zero attached hydrogens (tertiary/aromatic N) is 2. The van der Waals surface area contributed by atoms with E-state index >= 15 is 0 Å². The van der Waals surface area contributed by atoms with Gasteiger partial charge >= 0.3 is 0 Å². The first-order valence-electron chi connectivity index (χ1n) is 6.96. The number of hydrogen-bond acceptors (Lipinski definition) is 2. The maximum atomic E-state index is 4.51. The van der Waals surface area contributed by atoms with Gasteiger partial charge in [-0.05, 0) is 55.1 Å². The topological polar surface area (TPSA) is 29.9 Å². The highest BCUT2D eigenvalue weighted by Gasteiger charge is 2.34. The van der Waals surface area contributed by atoms with Crippen molar-refractivity contribution in [1.29, 1.82) is 0 Å². The zero-order valence-electron chi connectivity index (χ0n) is 11.8. The van der Waals surface area contributed by atoms with Gasteiger partial charge in [-0.1, -0.05) is 19.8 Å². The first-order valence-corrected chi connectivity index (χ1v) is 7.75. The molecule has 102 valence electrons. The molecule has 4 heteroatoms. The van der Waals surface area contributed by atoms with Crippen LogP contribution in [0.4, 0.5) is 0 Å². The number of aromatic nitrogens is 2. The van der Waals surface area contributed by atoms with Crippen molar-refractivity contribution in [3.8, 4) is 0 Å². The summed E-state index contributed by atoms with van der Waals surface area (Å²) in [7, 11) is 2.07. The van der Waals surface area contributed by atoms with Crippen LogP contribution in [-0.2, 0) is 0 Å². The fourth-order valence-electron chi connectivity index (χ4n) is 3.28. The third kappa shape index (κ3) is 2.50. The zero-order valence-corrected chi connectivity index (χ0v) is 13.4. The molecular formula is C14H24BrN3. The summed E-state index contributed by atoms with van der Waals surface area (Å²) >= 11 is 3.67. The number of hydrogen-bond donors (Lipinski definition) is 1. The van der Waals surface area contributed by atoms with Gasteiger partial charge in [0.2, 0.25) is 0 Å². The van der Waals surface area contributed by atoms with Gasteiger partial charge in [-0.3, -0.25) is 4.68 Å². The summed E-state index contributed by atoms with van der Waals surface area (Å²) in [5.41, 5.74) is 1.31. The summed E-state index contributed by atoms with van der Waals surface area (Å²) in [6, 6.07) is 0.806. The van der Waals surface area contributed by atoms with E-state index in [1.54, 1.807) is 0 Å². The maximum Gasteiger partial charge on any atom is 0.0701 e. The zero-order chi connectivity index (χ0) is 13.3. The van der Waals surface area contributed by atoms with E-state index in [0.717, 1.165) is 16.3 Å². The van der Waals surface area contributed by atoms with Gasteiger partial charge < -0.3 is 5.32 Å². The van der Waals surface area contributed by atoms with Crippen LogP contribution in [0.25, 0.3) is 0 Å². The Labute approximate surface area is 118 Å². The standard InChI is InChI=1S/C14H24BrN3/c1-9(2)18-14(12(15)8-17-18)13(16-4)11-7-5-6-10(11)3/h8-11,13,16H,5-7H2,1-4H3. The van der Waals surface area contributed by atoms with Crippen molar-refractivity contribution in [2.45, 2.75) is 52.1 Å². The van der Waals surface area contributed by atoms with E-state index in [2.05, 4.69) is 58.8 Å². The second-order valence-corrected chi connectivity index (χ2v) is 6.61. The van der Waals surface area contributed by atoms with Crippen molar-refractivity contribution in [3.05, 3.63) is 16.4 Å². The smallest absolute Gasteiger partial charge is 0.0701 e. The van der Waals surface area contributed by atoms with Crippen molar-refractivity contribution < 1.29 is 0 Å². The molecule has 0 spiro atoms. The van der Waals surface area contributed by atoms with Gasteiger partial charge in [-0.15, -0.1) is 0 Å². The third-order valence-electron chi connectivity index (χ3n) is 4.24. The lowest BCUT2D eigenvalue weighted by Crippen LogP contribution is -2.30. The summed E-state index contributed by atoms with van der Waals surface area (Å²) in [4.78, 5) is 0. The third-order valence-corrected chi connectivity index (χ3v) is 4.85. The van der Waals surface area contributed by atoms with Gasteiger partial charge in [0, 0.05) is 6.04 Å². The Morgan fingerprint density at radius 3 is 2.67 bits per heavy atom. The first kappa shape index (κ1) is 14.1. The molecule has 3 atom stereocenters. The fourth-order valence-corrected chi connectivity index (χ4v) is 3.80. The Morgan fingerprint density at radius 2 is 2.17 bits per heavy atom. The van der Waals surface area contributed by atoms with Crippen molar-refractivity contribution in [2.24, 2.45) is 11.8 Å². The molecule has 3 unspecified atom stereocenters. The molecule has 0 aliphatic heterocycles. The summed E-state index contributed by atoms with van der Waals surface area (Å²) in [5, 5.41) is 8.03. The Bertz CT molecular complexity index is 400. The molecule has 2 rings (SSSR count). The lowest BCUT2D eigenvalue weighted by Gasteiger charge is -2.28. The van der Waals surface area contributed by atoms with Crippen molar-refractivity contribution in [2.75, 3.05) is 7.05 Å². The molecule has 0 bridgehead atoms. The summed E-state index contributed by atoms with van der Waals surface area (Å²) < 4.78 is 3.28. The minimum absolute atomic E-state index is 0.402. The Morgan fingerprint density at radius 1 is 1.44 bits per heavy atom. The molecule has 1 aromatic heterocycles. The number of halogens is 1. The van der Waals surface area contributed by atoms with Crippen molar-refractivity contribution in [3.63, 3.8) is 0 Å². The van der Waals surface area contributed by atoms with Crippen LogP contribution in [0.3, 0.4) is 0 Å². The van der Waals surface area contributed by atoms with Gasteiger partial charge in [-0.25, -0.2) is 0 Å². The molecule has 0 saturated heterocycles. The first-order chi connectivity index (χ1) is 8.56. The van der Waals surface area contributed by atoms with Crippen LogP contribution in [0.15, 0.2) is 10.7 Å². The summed E-state index contributed by atoms with van der Waals surface area (Å²) in [5.74, 6) is 1.52. The van der Waals surface area contributed by atoms with Crippen LogP contribution >= 0.6 is 15.9 Å². The second kappa shape index (κ2) is 5.74.